The van der Waals surface area contributed by atoms with Crippen LogP contribution in [0.1, 0.15) is 0 Å². The molecule has 9 aromatic carbocycles. The molecule has 10 rings (SSSR count). The van der Waals surface area contributed by atoms with Gasteiger partial charge in [-0.2, -0.15) is 0 Å². The Hall–Kier alpha value is -6.74. The lowest BCUT2D eigenvalue weighted by atomic mass is 9.94. The van der Waals surface area contributed by atoms with Gasteiger partial charge in [-0.25, -0.2) is 0 Å². The second kappa shape index (κ2) is 13.7. The van der Waals surface area contributed by atoms with Crippen LogP contribution in [-0.4, -0.2) is 0 Å². The zero-order valence-corrected chi connectivity index (χ0v) is 30.4. The zero-order chi connectivity index (χ0) is 35.8. The van der Waals surface area contributed by atoms with Crippen LogP contribution in [0, 0.1) is 0 Å². The topological polar surface area (TPSA) is 3.24 Å². The molecule has 0 saturated carbocycles. The monoisotopic (exact) mass is 705 g/mol. The summed E-state index contributed by atoms with van der Waals surface area (Å²) in [6.07, 6.45) is 0. The largest absolute Gasteiger partial charge is 0.310 e. The molecule has 0 amide bonds. The van der Waals surface area contributed by atoms with Crippen molar-refractivity contribution >= 4 is 59.3 Å². The van der Waals surface area contributed by atoms with Crippen LogP contribution in [0.2, 0.25) is 0 Å². The quantitative estimate of drug-likeness (QED) is 0.160. The summed E-state index contributed by atoms with van der Waals surface area (Å²) in [5, 5.41) is 5.10. The van der Waals surface area contributed by atoms with E-state index in [2.05, 4.69) is 217 Å². The molecule has 10 aromatic rings. The van der Waals surface area contributed by atoms with E-state index in [4.69, 9.17) is 0 Å². The van der Waals surface area contributed by atoms with Crippen molar-refractivity contribution < 1.29 is 0 Å². The first-order valence-electron chi connectivity index (χ1n) is 18.4. The van der Waals surface area contributed by atoms with Crippen LogP contribution in [0.3, 0.4) is 0 Å². The fourth-order valence-corrected chi connectivity index (χ4v) is 9.06. The highest BCUT2D eigenvalue weighted by molar-refractivity contribution is 7.26. The van der Waals surface area contributed by atoms with Crippen molar-refractivity contribution in [3.8, 4) is 44.5 Å². The van der Waals surface area contributed by atoms with Gasteiger partial charge in [0.2, 0.25) is 0 Å². The smallest absolute Gasteiger partial charge is 0.0476 e. The number of anilines is 3. The van der Waals surface area contributed by atoms with E-state index in [1.807, 2.05) is 11.3 Å². The van der Waals surface area contributed by atoms with Crippen LogP contribution >= 0.6 is 11.3 Å². The van der Waals surface area contributed by atoms with E-state index in [9.17, 15) is 0 Å². The highest BCUT2D eigenvalue weighted by Crippen LogP contribution is 2.44. The van der Waals surface area contributed by atoms with Crippen LogP contribution in [-0.2, 0) is 0 Å². The molecule has 0 atom stereocenters. The van der Waals surface area contributed by atoms with Gasteiger partial charge in [0, 0.05) is 37.2 Å². The van der Waals surface area contributed by atoms with E-state index >= 15 is 0 Å². The lowest BCUT2D eigenvalue weighted by Gasteiger charge is -2.26. The number of benzene rings is 9. The minimum atomic E-state index is 1.11. The van der Waals surface area contributed by atoms with Gasteiger partial charge < -0.3 is 4.90 Å². The number of rotatable bonds is 7. The van der Waals surface area contributed by atoms with Crippen LogP contribution in [0.15, 0.2) is 212 Å². The maximum Gasteiger partial charge on any atom is 0.0476 e. The van der Waals surface area contributed by atoms with Crippen molar-refractivity contribution in [3.05, 3.63) is 212 Å². The minimum absolute atomic E-state index is 1.11. The second-order valence-electron chi connectivity index (χ2n) is 13.7. The number of nitrogens with zero attached hydrogens (tertiary/aromatic N) is 1. The molecule has 0 aliphatic rings. The van der Waals surface area contributed by atoms with E-state index in [1.54, 1.807) is 0 Å². The lowest BCUT2D eigenvalue weighted by molar-refractivity contribution is 1.29. The molecule has 0 N–H and O–H groups in total. The molecule has 0 fully saturated rings. The Bertz CT molecular complexity index is 2910. The molecule has 0 aliphatic carbocycles. The Morgan fingerprint density at radius 2 is 0.815 bits per heavy atom. The van der Waals surface area contributed by atoms with Crippen molar-refractivity contribution in [1.29, 1.82) is 0 Å². The van der Waals surface area contributed by atoms with Gasteiger partial charge >= 0.3 is 0 Å². The Kier molecular flexibility index (Phi) is 8.09. The summed E-state index contributed by atoms with van der Waals surface area (Å²) in [6.45, 7) is 0. The van der Waals surface area contributed by atoms with Gasteiger partial charge in [0.1, 0.15) is 0 Å². The molecule has 0 unspecified atom stereocenters. The Morgan fingerprint density at radius 3 is 1.50 bits per heavy atom. The molecule has 0 aliphatic heterocycles. The third-order valence-corrected chi connectivity index (χ3v) is 11.7. The summed E-state index contributed by atoms with van der Waals surface area (Å²) in [5.41, 5.74) is 13.2. The van der Waals surface area contributed by atoms with Crippen molar-refractivity contribution in [1.82, 2.24) is 0 Å². The number of hydrogen-bond acceptors (Lipinski definition) is 2. The third-order valence-electron chi connectivity index (χ3n) is 10.5. The summed E-state index contributed by atoms with van der Waals surface area (Å²) >= 11 is 1.88. The maximum atomic E-state index is 2.39. The van der Waals surface area contributed by atoms with Crippen LogP contribution in [0.5, 0.6) is 0 Å². The molecule has 0 spiro atoms. The van der Waals surface area contributed by atoms with E-state index in [-0.39, 0.29) is 0 Å². The van der Waals surface area contributed by atoms with Gasteiger partial charge in [0.15, 0.2) is 0 Å². The minimum Gasteiger partial charge on any atom is -0.310 e. The number of thiophene rings is 1. The predicted octanol–water partition coefficient (Wildman–Crippen LogP) is 15.3. The summed E-state index contributed by atoms with van der Waals surface area (Å²) in [7, 11) is 0. The molecule has 1 nitrogen and oxygen atoms in total. The van der Waals surface area contributed by atoms with Crippen molar-refractivity contribution in [2.75, 3.05) is 4.90 Å². The first-order chi connectivity index (χ1) is 26.8. The van der Waals surface area contributed by atoms with Gasteiger partial charge in [0.05, 0.1) is 0 Å². The summed E-state index contributed by atoms with van der Waals surface area (Å²) < 4.78 is 2.60. The Morgan fingerprint density at radius 1 is 0.296 bits per heavy atom. The van der Waals surface area contributed by atoms with E-state index < -0.39 is 0 Å². The molecular weight excluding hydrogens is 671 g/mol. The SMILES string of the molecule is c1ccc(-c2ccccc2-c2ccc(N(c3ccc(-c4ccc5ccccc5c4)cc3)c3ccc4c(c3)sc3c(-c5ccccc5)cccc34)cc2)cc1. The summed E-state index contributed by atoms with van der Waals surface area (Å²) in [5.74, 6) is 0. The average molecular weight is 706 g/mol. The Labute approximate surface area is 319 Å². The highest BCUT2D eigenvalue weighted by atomic mass is 32.1. The maximum absolute atomic E-state index is 2.39. The zero-order valence-electron chi connectivity index (χ0n) is 29.6. The van der Waals surface area contributed by atoms with Gasteiger partial charge in [-0.15, -0.1) is 11.3 Å². The molecule has 0 saturated heterocycles. The molecule has 0 bridgehead atoms. The molecule has 54 heavy (non-hydrogen) atoms. The Balaban J connectivity index is 1.08. The first kappa shape index (κ1) is 32.0. The second-order valence-corrected chi connectivity index (χ2v) is 14.8. The standard InChI is InChI=1S/C52H35NS/c1-3-13-38(14-4-1)46-18-9-10-19-47(46)40-26-30-44(31-27-40)53(43-28-24-37(25-29-43)42-23-22-36-12-7-8-17-41(36)34-42)45-32-33-49-50-21-11-20-48(39-15-5-2-6-16-39)52(50)54-51(49)35-45/h1-35H. The van der Waals surface area contributed by atoms with E-state index in [0.29, 0.717) is 0 Å². The molecule has 1 aromatic heterocycles. The van der Waals surface area contributed by atoms with E-state index in [1.165, 1.54) is 75.5 Å². The van der Waals surface area contributed by atoms with E-state index in [0.717, 1.165) is 17.1 Å². The molecule has 2 heteroatoms. The number of hydrogen-bond donors (Lipinski definition) is 0. The fraction of sp³-hybridized carbons (Fsp3) is 0. The highest BCUT2D eigenvalue weighted by Gasteiger charge is 2.17. The van der Waals surface area contributed by atoms with Crippen molar-refractivity contribution in [2.45, 2.75) is 0 Å². The molecule has 1 heterocycles. The van der Waals surface area contributed by atoms with Gasteiger partial charge in [-0.05, 0) is 97.7 Å². The molecular formula is C52H35NS. The van der Waals surface area contributed by atoms with Gasteiger partial charge in [-0.1, -0.05) is 170 Å². The number of fused-ring (bicyclic) bond motifs is 4. The molecule has 254 valence electrons. The fourth-order valence-electron chi connectivity index (χ4n) is 7.78. The van der Waals surface area contributed by atoms with Crippen molar-refractivity contribution in [3.63, 3.8) is 0 Å². The summed E-state index contributed by atoms with van der Waals surface area (Å²) in [6, 6.07) is 77.0. The predicted molar refractivity (Wildman–Crippen MR) is 233 cm³/mol. The molecule has 0 radical (unpaired) electrons. The van der Waals surface area contributed by atoms with Crippen molar-refractivity contribution in [2.24, 2.45) is 0 Å². The lowest BCUT2D eigenvalue weighted by Crippen LogP contribution is -2.09. The van der Waals surface area contributed by atoms with Crippen LogP contribution in [0.4, 0.5) is 17.1 Å². The van der Waals surface area contributed by atoms with Crippen LogP contribution in [0.25, 0.3) is 75.5 Å². The third kappa shape index (κ3) is 5.84. The van der Waals surface area contributed by atoms with Gasteiger partial charge in [0.25, 0.3) is 0 Å². The average Bonchev–Trinajstić information content (AvgIpc) is 3.63. The van der Waals surface area contributed by atoms with Crippen LogP contribution < -0.4 is 4.90 Å². The summed E-state index contributed by atoms with van der Waals surface area (Å²) in [4.78, 5) is 2.39. The first-order valence-corrected chi connectivity index (χ1v) is 19.2. The van der Waals surface area contributed by atoms with Gasteiger partial charge in [-0.3, -0.25) is 0 Å². The normalized spacial score (nSPS) is 11.3.